The zero-order chi connectivity index (χ0) is 40.7. The van der Waals surface area contributed by atoms with E-state index in [0.717, 1.165) is 116 Å². The second-order valence-electron chi connectivity index (χ2n) is 14.8. The van der Waals surface area contributed by atoms with Crippen LogP contribution in [0.4, 0.5) is 0 Å². The van der Waals surface area contributed by atoms with Crippen LogP contribution in [0.1, 0.15) is 38.1 Å². The van der Waals surface area contributed by atoms with E-state index in [4.69, 9.17) is 29.9 Å². The van der Waals surface area contributed by atoms with Crippen molar-refractivity contribution in [2.45, 2.75) is 39.5 Å². The van der Waals surface area contributed by atoms with Crippen LogP contribution in [0.25, 0.3) is 90.3 Å². The molecule has 6 aromatic carbocycles. The largest absolute Gasteiger partial charge is 0.232 e. The van der Waals surface area contributed by atoms with Crippen molar-refractivity contribution in [1.82, 2.24) is 29.9 Å². The fraction of sp³-hybridized carbons (Fsp3) is 0.111. The SMILES string of the molecule is CCCc1nc(-c2ccccc2)c(-c2nc(-c3ccccc3)c(-c3nc(-c4ccccc4)c(CCC)c(-c4ccccc4)n3)c(-c3ccccc3)n2)c(-c2ccccc2)n1. The molecule has 9 rings (SSSR count). The van der Waals surface area contributed by atoms with Crippen LogP contribution in [-0.2, 0) is 12.8 Å². The molecule has 0 bridgehead atoms. The predicted molar refractivity (Wildman–Crippen MR) is 245 cm³/mol. The minimum atomic E-state index is 0.520. The summed E-state index contributed by atoms with van der Waals surface area (Å²) >= 11 is 0. The molecule has 9 aromatic rings. The Labute approximate surface area is 351 Å². The van der Waals surface area contributed by atoms with Crippen LogP contribution in [0.2, 0.25) is 0 Å². The second kappa shape index (κ2) is 17.6. The number of hydrogen-bond donors (Lipinski definition) is 0. The molecule has 3 heterocycles. The quantitative estimate of drug-likeness (QED) is 0.123. The molecule has 6 heteroatoms. The Bertz CT molecular complexity index is 2670. The van der Waals surface area contributed by atoms with Gasteiger partial charge >= 0.3 is 0 Å². The molecule has 0 aliphatic carbocycles. The Morgan fingerprint density at radius 2 is 0.533 bits per heavy atom. The molecule has 3 aromatic heterocycles. The molecule has 0 atom stereocenters. The van der Waals surface area contributed by atoms with Gasteiger partial charge in [-0.05, 0) is 12.8 Å². The van der Waals surface area contributed by atoms with Gasteiger partial charge in [0, 0.05) is 45.4 Å². The summed E-state index contributed by atoms with van der Waals surface area (Å²) in [5.74, 6) is 1.86. The highest BCUT2D eigenvalue weighted by Crippen LogP contribution is 2.44. The van der Waals surface area contributed by atoms with Crippen molar-refractivity contribution >= 4 is 0 Å². The highest BCUT2D eigenvalue weighted by molar-refractivity contribution is 5.95. The van der Waals surface area contributed by atoms with Crippen molar-refractivity contribution in [3.63, 3.8) is 0 Å². The third kappa shape index (κ3) is 7.75. The Kier molecular flexibility index (Phi) is 11.2. The van der Waals surface area contributed by atoms with Crippen LogP contribution < -0.4 is 0 Å². The van der Waals surface area contributed by atoms with Crippen LogP contribution >= 0.6 is 0 Å². The zero-order valence-corrected chi connectivity index (χ0v) is 33.8. The van der Waals surface area contributed by atoms with Crippen molar-refractivity contribution in [3.8, 4) is 90.3 Å². The van der Waals surface area contributed by atoms with Crippen molar-refractivity contribution in [2.75, 3.05) is 0 Å². The first-order valence-electron chi connectivity index (χ1n) is 20.8. The molecule has 0 fully saturated rings. The van der Waals surface area contributed by atoms with E-state index in [-0.39, 0.29) is 0 Å². The third-order valence-corrected chi connectivity index (χ3v) is 10.6. The normalized spacial score (nSPS) is 11.1. The lowest BCUT2D eigenvalue weighted by Crippen LogP contribution is -2.09. The number of nitrogens with zero attached hydrogens (tertiary/aromatic N) is 6. The van der Waals surface area contributed by atoms with Gasteiger partial charge in [0.1, 0.15) is 5.82 Å². The lowest BCUT2D eigenvalue weighted by molar-refractivity contribution is 0.838. The van der Waals surface area contributed by atoms with Crippen LogP contribution in [0.15, 0.2) is 182 Å². The van der Waals surface area contributed by atoms with Gasteiger partial charge in [0.15, 0.2) is 11.6 Å². The number of aryl methyl sites for hydroxylation is 1. The van der Waals surface area contributed by atoms with E-state index >= 15 is 0 Å². The monoisotopic (exact) mass is 776 g/mol. The molecule has 290 valence electrons. The summed E-state index contributed by atoms with van der Waals surface area (Å²) in [7, 11) is 0. The molecule has 0 unspecified atom stereocenters. The van der Waals surface area contributed by atoms with E-state index in [1.807, 2.05) is 84.9 Å². The van der Waals surface area contributed by atoms with Crippen LogP contribution in [0.5, 0.6) is 0 Å². The average molecular weight is 777 g/mol. The van der Waals surface area contributed by atoms with Gasteiger partial charge in [-0.1, -0.05) is 202 Å². The summed E-state index contributed by atoms with van der Waals surface area (Å²) in [5.41, 5.74) is 13.3. The summed E-state index contributed by atoms with van der Waals surface area (Å²) in [4.78, 5) is 32.9. The molecule has 0 radical (unpaired) electrons. The van der Waals surface area contributed by atoms with Gasteiger partial charge in [-0.25, -0.2) is 29.9 Å². The molecule has 0 spiro atoms. The predicted octanol–water partition coefficient (Wildman–Crippen LogP) is 13.3. The van der Waals surface area contributed by atoms with Crippen LogP contribution in [0, 0.1) is 0 Å². The molecular formula is C54H44N6. The lowest BCUT2D eigenvalue weighted by atomic mass is 9.94. The first kappa shape index (κ1) is 38.1. The fourth-order valence-corrected chi connectivity index (χ4v) is 7.81. The Morgan fingerprint density at radius 1 is 0.283 bits per heavy atom. The molecule has 0 amide bonds. The Morgan fingerprint density at radius 3 is 0.817 bits per heavy atom. The second-order valence-corrected chi connectivity index (χ2v) is 14.8. The van der Waals surface area contributed by atoms with E-state index in [1.165, 1.54) is 0 Å². The standard InChI is InChI=1S/C54H44N6/c1-3-23-43-47(37-25-11-5-12-26-37)57-53(58-48(43)38-27-13-6-14-28-38)46-51(41-33-19-9-20-34-41)59-54(60-52(46)42-35-21-10-22-36-42)45-49(39-29-15-7-16-30-39)55-44(24-4-2)56-50(45)40-31-17-8-18-32-40/h5-22,25-36H,3-4,23-24H2,1-2H3. The molecular weight excluding hydrogens is 733 g/mol. The molecule has 60 heavy (non-hydrogen) atoms. The summed E-state index contributed by atoms with van der Waals surface area (Å²) in [6, 6.07) is 62.2. The van der Waals surface area contributed by atoms with Gasteiger partial charge in [-0.3, -0.25) is 0 Å². The molecule has 0 aliphatic heterocycles. The maximum Gasteiger partial charge on any atom is 0.164 e. The topological polar surface area (TPSA) is 77.3 Å². The van der Waals surface area contributed by atoms with E-state index in [1.54, 1.807) is 0 Å². The number of aromatic nitrogens is 6. The Hall–Kier alpha value is -7.44. The maximum absolute atomic E-state index is 5.62. The lowest BCUT2D eigenvalue weighted by Gasteiger charge is -2.21. The van der Waals surface area contributed by atoms with E-state index in [2.05, 4.69) is 111 Å². The van der Waals surface area contributed by atoms with Crippen molar-refractivity contribution in [2.24, 2.45) is 0 Å². The highest BCUT2D eigenvalue weighted by atomic mass is 15.0. The smallest absolute Gasteiger partial charge is 0.164 e. The summed E-state index contributed by atoms with van der Waals surface area (Å²) in [6.07, 6.45) is 3.41. The van der Waals surface area contributed by atoms with Gasteiger partial charge in [-0.15, -0.1) is 0 Å². The van der Waals surface area contributed by atoms with Gasteiger partial charge in [0.05, 0.1) is 45.3 Å². The Balaban J connectivity index is 1.43. The van der Waals surface area contributed by atoms with Gasteiger partial charge in [0.2, 0.25) is 0 Å². The number of hydrogen-bond acceptors (Lipinski definition) is 6. The first-order chi connectivity index (χ1) is 29.7. The minimum Gasteiger partial charge on any atom is -0.232 e. The molecule has 6 nitrogen and oxygen atoms in total. The fourth-order valence-electron chi connectivity index (χ4n) is 7.81. The van der Waals surface area contributed by atoms with E-state index in [0.29, 0.717) is 11.6 Å². The summed E-state index contributed by atoms with van der Waals surface area (Å²) in [5, 5.41) is 0. The number of benzene rings is 6. The van der Waals surface area contributed by atoms with Crippen molar-refractivity contribution in [3.05, 3.63) is 193 Å². The van der Waals surface area contributed by atoms with Crippen molar-refractivity contribution < 1.29 is 0 Å². The zero-order valence-electron chi connectivity index (χ0n) is 33.8. The summed E-state index contributed by atoms with van der Waals surface area (Å²) in [6.45, 7) is 4.36. The third-order valence-electron chi connectivity index (χ3n) is 10.6. The molecule has 0 N–H and O–H groups in total. The van der Waals surface area contributed by atoms with Gasteiger partial charge in [0.25, 0.3) is 0 Å². The average Bonchev–Trinajstić information content (AvgIpc) is 3.33. The minimum absolute atomic E-state index is 0.520. The van der Waals surface area contributed by atoms with E-state index in [9.17, 15) is 0 Å². The van der Waals surface area contributed by atoms with Crippen LogP contribution in [0.3, 0.4) is 0 Å². The van der Waals surface area contributed by atoms with Crippen molar-refractivity contribution in [1.29, 1.82) is 0 Å². The maximum atomic E-state index is 5.62. The summed E-state index contributed by atoms with van der Waals surface area (Å²) < 4.78 is 0. The first-order valence-corrected chi connectivity index (χ1v) is 20.8. The highest BCUT2D eigenvalue weighted by Gasteiger charge is 2.28. The van der Waals surface area contributed by atoms with Gasteiger partial charge < -0.3 is 0 Å². The molecule has 0 aliphatic rings. The van der Waals surface area contributed by atoms with Crippen LogP contribution in [-0.4, -0.2) is 29.9 Å². The molecule has 0 saturated carbocycles. The van der Waals surface area contributed by atoms with Gasteiger partial charge in [-0.2, -0.15) is 0 Å². The molecule has 0 saturated heterocycles. The van der Waals surface area contributed by atoms with E-state index < -0.39 is 0 Å². The number of rotatable bonds is 12.